The number of H-pyrrole nitrogens is 1. The average molecular weight is 461 g/mol. The number of rotatable bonds is 5. The van der Waals surface area contributed by atoms with Crippen molar-refractivity contribution in [1.82, 2.24) is 24.1 Å². The summed E-state index contributed by atoms with van der Waals surface area (Å²) >= 11 is 0. The summed E-state index contributed by atoms with van der Waals surface area (Å²) in [5, 5.41) is 10.2. The fraction of sp³-hybridized carbons (Fsp3) is 0.429. The highest BCUT2D eigenvalue weighted by Gasteiger charge is 2.31. The summed E-state index contributed by atoms with van der Waals surface area (Å²) in [4.78, 5) is 12.6. The van der Waals surface area contributed by atoms with Crippen molar-refractivity contribution in [1.29, 1.82) is 0 Å². The predicted molar refractivity (Wildman–Crippen MR) is 117 cm³/mol. The van der Waals surface area contributed by atoms with Gasteiger partial charge in [0.1, 0.15) is 0 Å². The molecule has 1 aliphatic carbocycles. The molecule has 2 aliphatic rings. The summed E-state index contributed by atoms with van der Waals surface area (Å²) in [7, 11) is -3.62. The lowest BCUT2D eigenvalue weighted by atomic mass is 10.0. The summed E-state index contributed by atoms with van der Waals surface area (Å²) in [5.74, 6) is 0.0754. The molecule has 0 bridgehead atoms. The highest BCUT2D eigenvalue weighted by molar-refractivity contribution is 7.89. The minimum absolute atomic E-state index is 0.0150. The summed E-state index contributed by atoms with van der Waals surface area (Å²) < 4.78 is 44.4. The predicted octanol–water partition coefficient (Wildman–Crippen LogP) is 3.14. The molecule has 0 amide bonds. The smallest absolute Gasteiger partial charge is 0.328 e. The second kappa shape index (κ2) is 7.59. The number of nitrogens with zero attached hydrogens (tertiary/aromatic N) is 3. The average Bonchev–Trinajstić information content (AvgIpc) is 3.50. The Bertz CT molecular complexity index is 1340. The zero-order chi connectivity index (χ0) is 22.6. The van der Waals surface area contributed by atoms with Gasteiger partial charge >= 0.3 is 5.69 Å². The summed E-state index contributed by atoms with van der Waals surface area (Å²) in [6.07, 6.45) is 6.34. The molecule has 3 N–H and O–H groups in total. The minimum atomic E-state index is -3.62. The van der Waals surface area contributed by atoms with Crippen LogP contribution in [0.1, 0.15) is 62.4 Å². The molecule has 11 heteroatoms. The van der Waals surface area contributed by atoms with Crippen LogP contribution in [0.3, 0.4) is 0 Å². The van der Waals surface area contributed by atoms with E-state index in [9.17, 15) is 17.6 Å². The fourth-order valence-corrected chi connectivity index (χ4v) is 5.90. The van der Waals surface area contributed by atoms with Crippen molar-refractivity contribution < 1.29 is 12.8 Å². The van der Waals surface area contributed by atoms with E-state index in [0.717, 1.165) is 25.0 Å². The molecule has 2 aromatic heterocycles. The summed E-state index contributed by atoms with van der Waals surface area (Å²) in [6, 6.07) is 4.90. The van der Waals surface area contributed by atoms with Crippen LogP contribution < -0.4 is 15.7 Å². The normalized spacial score (nSPS) is 21.9. The van der Waals surface area contributed by atoms with Gasteiger partial charge in [0.2, 0.25) is 10.0 Å². The van der Waals surface area contributed by atoms with Gasteiger partial charge < -0.3 is 5.32 Å². The number of aromatic nitrogens is 4. The van der Waals surface area contributed by atoms with Gasteiger partial charge in [-0.1, -0.05) is 0 Å². The van der Waals surface area contributed by atoms with Gasteiger partial charge in [0.25, 0.3) is 0 Å². The molecule has 2 atom stereocenters. The van der Waals surface area contributed by atoms with Crippen LogP contribution in [0.5, 0.6) is 0 Å². The third kappa shape index (κ3) is 3.45. The van der Waals surface area contributed by atoms with E-state index in [0.29, 0.717) is 5.82 Å². The van der Waals surface area contributed by atoms with Crippen LogP contribution in [0.4, 0.5) is 15.9 Å². The van der Waals surface area contributed by atoms with Crippen LogP contribution in [0.2, 0.25) is 0 Å². The number of halogens is 1. The van der Waals surface area contributed by atoms with E-state index >= 15 is 0 Å². The maximum Gasteiger partial charge on any atom is 0.328 e. The van der Waals surface area contributed by atoms with E-state index in [1.807, 2.05) is 36.9 Å². The van der Waals surface area contributed by atoms with E-state index in [-0.39, 0.29) is 46.4 Å². The molecule has 5 rings (SSSR count). The Balaban J connectivity index is 1.31. The van der Waals surface area contributed by atoms with Gasteiger partial charge in [-0.3, -0.25) is 14.2 Å². The van der Waals surface area contributed by atoms with Gasteiger partial charge in [0.05, 0.1) is 10.6 Å². The Kier molecular flexibility index (Phi) is 4.97. The first-order chi connectivity index (χ1) is 15.2. The molecule has 1 aromatic carbocycles. The first kappa shape index (κ1) is 21.0. The Hall–Kier alpha value is -2.92. The molecule has 1 aliphatic heterocycles. The van der Waals surface area contributed by atoms with E-state index in [1.165, 1.54) is 12.1 Å². The van der Waals surface area contributed by atoms with Gasteiger partial charge in [-0.25, -0.2) is 22.3 Å². The number of hydrogen-bond donors (Lipinski definition) is 3. The number of sulfonamides is 1. The highest BCUT2D eigenvalue weighted by Crippen LogP contribution is 2.40. The van der Waals surface area contributed by atoms with Crippen LogP contribution in [0.25, 0.3) is 0 Å². The van der Waals surface area contributed by atoms with Gasteiger partial charge in [0, 0.05) is 54.3 Å². The SMILES string of the molecule is CC(C)n1ccn([C@H]2CC[C@@H](c3cc(Nc4ccc5c(c4F)CNS5(=O)=O)n[nH]3)C2)c1=O. The van der Waals surface area contributed by atoms with Crippen molar-refractivity contribution in [2.24, 2.45) is 0 Å². The van der Waals surface area contributed by atoms with Crippen molar-refractivity contribution >= 4 is 21.5 Å². The first-order valence-corrected chi connectivity index (χ1v) is 12.1. The van der Waals surface area contributed by atoms with Crippen molar-refractivity contribution in [3.05, 3.63) is 58.2 Å². The first-order valence-electron chi connectivity index (χ1n) is 10.7. The van der Waals surface area contributed by atoms with Crippen LogP contribution in [0, 0.1) is 5.82 Å². The van der Waals surface area contributed by atoms with Gasteiger partial charge in [-0.2, -0.15) is 5.10 Å². The molecule has 1 fully saturated rings. The standard InChI is InChI=1S/C21H25FN6O3S/c1-12(2)27-7-8-28(21(27)29)14-4-3-13(9-14)17-10-19(26-25-17)24-16-5-6-18-15(20(16)22)11-23-32(18,30)31/h5-8,10,12-14,23H,3-4,9,11H2,1-2H3,(H2,24,25,26)/t13-,14+/m1/s1. The Morgan fingerprint density at radius 2 is 2.06 bits per heavy atom. The molecule has 0 spiro atoms. The molecular weight excluding hydrogens is 435 g/mol. The van der Waals surface area contributed by atoms with Crippen LogP contribution in [-0.4, -0.2) is 27.7 Å². The van der Waals surface area contributed by atoms with Crippen molar-refractivity contribution in [3.8, 4) is 0 Å². The molecule has 0 unspecified atom stereocenters. The number of imidazole rings is 1. The molecule has 170 valence electrons. The maximum atomic E-state index is 14.8. The molecule has 1 saturated carbocycles. The van der Waals surface area contributed by atoms with Crippen molar-refractivity contribution in [2.45, 2.75) is 62.6 Å². The van der Waals surface area contributed by atoms with E-state index in [2.05, 4.69) is 20.2 Å². The number of aromatic amines is 1. The zero-order valence-corrected chi connectivity index (χ0v) is 18.6. The Morgan fingerprint density at radius 3 is 2.81 bits per heavy atom. The fourth-order valence-electron chi connectivity index (χ4n) is 4.68. The maximum absolute atomic E-state index is 14.8. The number of hydrogen-bond acceptors (Lipinski definition) is 5. The van der Waals surface area contributed by atoms with Crippen LogP contribution >= 0.6 is 0 Å². The van der Waals surface area contributed by atoms with Crippen molar-refractivity contribution in [2.75, 3.05) is 5.32 Å². The van der Waals surface area contributed by atoms with Gasteiger partial charge in [-0.15, -0.1) is 0 Å². The quantitative estimate of drug-likeness (QED) is 0.541. The van der Waals surface area contributed by atoms with Crippen LogP contribution in [0.15, 0.2) is 40.3 Å². The minimum Gasteiger partial charge on any atom is -0.336 e. The third-order valence-corrected chi connectivity index (χ3v) is 7.90. The molecular formula is C21H25FN6O3S. The lowest BCUT2D eigenvalue weighted by Crippen LogP contribution is -2.27. The lowest BCUT2D eigenvalue weighted by molar-refractivity contribution is 0.471. The largest absolute Gasteiger partial charge is 0.336 e. The van der Waals surface area contributed by atoms with Crippen LogP contribution in [-0.2, 0) is 16.6 Å². The zero-order valence-electron chi connectivity index (χ0n) is 17.8. The topological polar surface area (TPSA) is 114 Å². The monoisotopic (exact) mass is 460 g/mol. The molecule has 0 radical (unpaired) electrons. The highest BCUT2D eigenvalue weighted by atomic mass is 32.2. The molecule has 3 heterocycles. The number of anilines is 2. The number of fused-ring (bicyclic) bond motifs is 1. The number of benzene rings is 1. The van der Waals surface area contributed by atoms with Crippen molar-refractivity contribution in [3.63, 3.8) is 0 Å². The van der Waals surface area contributed by atoms with Gasteiger partial charge in [-0.05, 0) is 45.2 Å². The second-order valence-electron chi connectivity index (χ2n) is 8.71. The van der Waals surface area contributed by atoms with E-state index in [1.54, 1.807) is 4.57 Å². The van der Waals surface area contributed by atoms with E-state index in [4.69, 9.17) is 0 Å². The summed E-state index contributed by atoms with van der Waals surface area (Å²) in [5.41, 5.74) is 1.24. The molecule has 32 heavy (non-hydrogen) atoms. The Labute approximate surface area is 184 Å². The molecule has 9 nitrogen and oxygen atoms in total. The lowest BCUT2D eigenvalue weighted by Gasteiger charge is -2.12. The van der Waals surface area contributed by atoms with E-state index < -0.39 is 15.8 Å². The summed E-state index contributed by atoms with van der Waals surface area (Å²) in [6.45, 7) is 3.91. The molecule has 0 saturated heterocycles. The Morgan fingerprint density at radius 1 is 1.25 bits per heavy atom. The number of nitrogens with one attached hydrogen (secondary N) is 3. The third-order valence-electron chi connectivity index (χ3n) is 6.41. The molecule has 3 aromatic rings. The van der Waals surface area contributed by atoms with Gasteiger partial charge in [0.15, 0.2) is 11.6 Å². The second-order valence-corrected chi connectivity index (χ2v) is 10.5.